The molecule has 4 aromatic rings. The largest absolute Gasteiger partial charge is 0.321 e. The first kappa shape index (κ1) is 16.8. The van der Waals surface area contributed by atoms with Crippen molar-refractivity contribution in [1.29, 1.82) is 0 Å². The molecule has 0 fully saturated rings. The highest BCUT2D eigenvalue weighted by Crippen LogP contribution is 2.26. The normalized spacial score (nSPS) is 11.3. The Morgan fingerprint density at radius 3 is 2.07 bits per heavy atom. The number of hydrogen-bond acceptors (Lipinski definition) is 1. The molecule has 0 saturated heterocycles. The molecule has 0 aliphatic rings. The average Bonchev–Trinajstić information content (AvgIpc) is 2.73. The first-order chi connectivity index (χ1) is 13.3. The van der Waals surface area contributed by atoms with Crippen LogP contribution in [0.5, 0.6) is 0 Å². The van der Waals surface area contributed by atoms with Gasteiger partial charge in [0.05, 0.1) is 0 Å². The molecule has 4 rings (SSSR count). The molecule has 1 amide bonds. The van der Waals surface area contributed by atoms with Crippen molar-refractivity contribution in [3.8, 4) is 0 Å². The first-order valence-electron chi connectivity index (χ1n) is 8.92. The molecule has 1 N–H and O–H groups in total. The van der Waals surface area contributed by atoms with Gasteiger partial charge in [0.1, 0.15) is 0 Å². The standard InChI is InChI=1S/C25H19NO/c27-25(26-24-17-9-15-20-14-7-8-16-22(20)24)23(21-12-5-2-6-13-21)18-19-10-3-1-4-11-19/h1-18H,(H,26,27)/b23-18+. The van der Waals surface area contributed by atoms with Gasteiger partial charge in [0.25, 0.3) is 5.91 Å². The molecule has 0 aliphatic carbocycles. The van der Waals surface area contributed by atoms with Gasteiger partial charge in [-0.3, -0.25) is 4.79 Å². The fourth-order valence-corrected chi connectivity index (χ4v) is 3.14. The van der Waals surface area contributed by atoms with Gasteiger partial charge in [-0.25, -0.2) is 0 Å². The van der Waals surface area contributed by atoms with Crippen molar-refractivity contribution in [2.24, 2.45) is 0 Å². The molecule has 0 saturated carbocycles. The van der Waals surface area contributed by atoms with Crippen molar-refractivity contribution >= 4 is 34.0 Å². The first-order valence-corrected chi connectivity index (χ1v) is 8.92. The average molecular weight is 349 g/mol. The number of anilines is 1. The van der Waals surface area contributed by atoms with E-state index in [1.165, 1.54) is 0 Å². The molecule has 0 atom stereocenters. The zero-order valence-corrected chi connectivity index (χ0v) is 14.8. The van der Waals surface area contributed by atoms with Gasteiger partial charge in [0, 0.05) is 16.6 Å². The molecule has 27 heavy (non-hydrogen) atoms. The summed E-state index contributed by atoms with van der Waals surface area (Å²) in [7, 11) is 0. The number of carbonyl (C=O) groups excluding carboxylic acids is 1. The summed E-state index contributed by atoms with van der Waals surface area (Å²) in [6.07, 6.45) is 1.93. The molecule has 0 aliphatic heterocycles. The zero-order valence-electron chi connectivity index (χ0n) is 14.8. The fourth-order valence-electron chi connectivity index (χ4n) is 3.14. The van der Waals surface area contributed by atoms with E-state index in [1.54, 1.807) is 0 Å². The van der Waals surface area contributed by atoms with Crippen LogP contribution in [-0.4, -0.2) is 5.91 Å². The Balaban J connectivity index is 1.74. The van der Waals surface area contributed by atoms with Crippen molar-refractivity contribution < 1.29 is 4.79 Å². The monoisotopic (exact) mass is 349 g/mol. The topological polar surface area (TPSA) is 29.1 Å². The minimum atomic E-state index is -0.124. The summed E-state index contributed by atoms with van der Waals surface area (Å²) >= 11 is 0. The molecule has 2 heteroatoms. The molecule has 2 nitrogen and oxygen atoms in total. The summed E-state index contributed by atoms with van der Waals surface area (Å²) in [4.78, 5) is 13.2. The minimum absolute atomic E-state index is 0.124. The number of amides is 1. The van der Waals surface area contributed by atoms with Crippen LogP contribution in [0.1, 0.15) is 11.1 Å². The summed E-state index contributed by atoms with van der Waals surface area (Å²) in [5.74, 6) is -0.124. The van der Waals surface area contributed by atoms with Crippen molar-refractivity contribution in [3.63, 3.8) is 0 Å². The van der Waals surface area contributed by atoms with Gasteiger partial charge in [-0.1, -0.05) is 97.1 Å². The second-order valence-electron chi connectivity index (χ2n) is 6.32. The van der Waals surface area contributed by atoms with E-state index in [1.807, 2.05) is 109 Å². The van der Waals surface area contributed by atoms with Crippen LogP contribution in [0.3, 0.4) is 0 Å². The smallest absolute Gasteiger partial charge is 0.256 e. The van der Waals surface area contributed by atoms with Crippen molar-refractivity contribution in [3.05, 3.63) is 114 Å². The van der Waals surface area contributed by atoms with E-state index < -0.39 is 0 Å². The van der Waals surface area contributed by atoms with Crippen LogP contribution in [0.2, 0.25) is 0 Å². The maximum atomic E-state index is 13.2. The zero-order chi connectivity index (χ0) is 18.5. The lowest BCUT2D eigenvalue weighted by Crippen LogP contribution is -2.14. The molecule has 0 spiro atoms. The lowest BCUT2D eigenvalue weighted by atomic mass is 10.0. The van der Waals surface area contributed by atoms with Crippen molar-refractivity contribution in [2.45, 2.75) is 0 Å². The lowest BCUT2D eigenvalue weighted by Gasteiger charge is -2.12. The van der Waals surface area contributed by atoms with E-state index in [0.717, 1.165) is 27.6 Å². The van der Waals surface area contributed by atoms with Gasteiger partial charge in [-0.15, -0.1) is 0 Å². The molecule has 0 unspecified atom stereocenters. The second-order valence-corrected chi connectivity index (χ2v) is 6.32. The third-order valence-corrected chi connectivity index (χ3v) is 4.48. The Hall–Kier alpha value is -3.65. The molecule has 0 bridgehead atoms. The van der Waals surface area contributed by atoms with Crippen LogP contribution in [-0.2, 0) is 4.79 Å². The van der Waals surface area contributed by atoms with E-state index in [4.69, 9.17) is 0 Å². The third-order valence-electron chi connectivity index (χ3n) is 4.48. The summed E-state index contributed by atoms with van der Waals surface area (Å²) in [5, 5.41) is 5.23. The highest BCUT2D eigenvalue weighted by Gasteiger charge is 2.13. The van der Waals surface area contributed by atoms with Crippen LogP contribution in [0.25, 0.3) is 22.4 Å². The molecule has 4 aromatic carbocycles. The van der Waals surface area contributed by atoms with Crippen LogP contribution < -0.4 is 5.32 Å². The Bertz CT molecular complexity index is 1090. The number of hydrogen-bond donors (Lipinski definition) is 1. The maximum absolute atomic E-state index is 13.2. The fraction of sp³-hybridized carbons (Fsp3) is 0. The molecule has 0 heterocycles. The van der Waals surface area contributed by atoms with Crippen LogP contribution in [0.15, 0.2) is 103 Å². The number of nitrogens with one attached hydrogen (secondary N) is 1. The Kier molecular flexibility index (Phi) is 4.80. The van der Waals surface area contributed by atoms with E-state index >= 15 is 0 Å². The van der Waals surface area contributed by atoms with Crippen molar-refractivity contribution in [1.82, 2.24) is 0 Å². The van der Waals surface area contributed by atoms with E-state index in [2.05, 4.69) is 5.32 Å². The van der Waals surface area contributed by atoms with Gasteiger partial charge < -0.3 is 5.32 Å². The Labute approximate surface area is 158 Å². The lowest BCUT2D eigenvalue weighted by molar-refractivity contribution is -0.111. The van der Waals surface area contributed by atoms with E-state index in [9.17, 15) is 4.79 Å². The summed E-state index contributed by atoms with van der Waals surface area (Å²) in [6, 6.07) is 33.6. The van der Waals surface area contributed by atoms with Crippen LogP contribution >= 0.6 is 0 Å². The molecule has 130 valence electrons. The van der Waals surface area contributed by atoms with Gasteiger partial charge in [-0.05, 0) is 28.7 Å². The SMILES string of the molecule is O=C(Nc1cccc2ccccc12)/C(=C/c1ccccc1)c1ccccc1. The number of fused-ring (bicyclic) bond motifs is 1. The molecular formula is C25H19NO. The highest BCUT2D eigenvalue weighted by molar-refractivity contribution is 6.30. The summed E-state index contributed by atoms with van der Waals surface area (Å²) in [5.41, 5.74) is 3.33. The Morgan fingerprint density at radius 2 is 1.30 bits per heavy atom. The van der Waals surface area contributed by atoms with E-state index in [0.29, 0.717) is 5.57 Å². The number of benzene rings is 4. The maximum Gasteiger partial charge on any atom is 0.256 e. The highest BCUT2D eigenvalue weighted by atomic mass is 16.1. The third kappa shape index (κ3) is 3.80. The van der Waals surface area contributed by atoms with Gasteiger partial charge in [0.2, 0.25) is 0 Å². The predicted octanol–water partition coefficient (Wildman–Crippen LogP) is 6.02. The predicted molar refractivity (Wildman–Crippen MR) is 113 cm³/mol. The molecule has 0 radical (unpaired) electrons. The van der Waals surface area contributed by atoms with E-state index in [-0.39, 0.29) is 5.91 Å². The quantitative estimate of drug-likeness (QED) is 0.354. The second kappa shape index (κ2) is 7.71. The van der Waals surface area contributed by atoms with Gasteiger partial charge in [-0.2, -0.15) is 0 Å². The van der Waals surface area contributed by atoms with Crippen LogP contribution in [0, 0.1) is 0 Å². The molecule has 0 aromatic heterocycles. The van der Waals surface area contributed by atoms with Gasteiger partial charge >= 0.3 is 0 Å². The van der Waals surface area contributed by atoms with Crippen LogP contribution in [0.4, 0.5) is 5.69 Å². The Morgan fingerprint density at radius 1 is 0.667 bits per heavy atom. The van der Waals surface area contributed by atoms with Crippen molar-refractivity contribution in [2.75, 3.05) is 5.32 Å². The summed E-state index contributed by atoms with van der Waals surface area (Å²) in [6.45, 7) is 0. The van der Waals surface area contributed by atoms with Gasteiger partial charge in [0.15, 0.2) is 0 Å². The summed E-state index contributed by atoms with van der Waals surface area (Å²) < 4.78 is 0. The number of rotatable bonds is 4. The number of carbonyl (C=O) groups is 1. The molecular weight excluding hydrogens is 330 g/mol. The minimum Gasteiger partial charge on any atom is -0.321 e.